The maximum absolute atomic E-state index is 9.00. The minimum atomic E-state index is -0.833. The molecule has 0 radical (unpaired) electrons. The summed E-state index contributed by atoms with van der Waals surface area (Å²) in [5.41, 5.74) is 5.22. The molecule has 0 unspecified atom stereocenters. The summed E-state index contributed by atoms with van der Waals surface area (Å²) in [6.07, 6.45) is 4.64. The highest BCUT2D eigenvalue weighted by Gasteiger charge is 1.94. The molecule has 0 saturated heterocycles. The second kappa shape index (κ2) is 17.9. The molecule has 0 saturated carbocycles. The zero-order valence-corrected chi connectivity index (χ0v) is 13.6. The summed E-state index contributed by atoms with van der Waals surface area (Å²) in [4.78, 5) is 9.00. The van der Waals surface area contributed by atoms with Crippen molar-refractivity contribution in [2.45, 2.75) is 32.6 Å². The minimum Gasteiger partial charge on any atom is -0.481 e. The number of thioether (sulfide) groups is 1. The van der Waals surface area contributed by atoms with Gasteiger partial charge in [-0.05, 0) is 25.1 Å². The summed E-state index contributed by atoms with van der Waals surface area (Å²) in [5.74, 6) is 0.123. The lowest BCUT2D eigenvalue weighted by atomic mass is 10.2. The van der Waals surface area contributed by atoms with Crippen LogP contribution in [-0.4, -0.2) is 46.2 Å². The third-order valence-corrected chi connectivity index (χ3v) is 2.99. The molecule has 0 amide bonds. The predicted molar refractivity (Wildman–Crippen MR) is 89.4 cm³/mol. The number of hydrogen-bond acceptors (Lipinski definition) is 4. The Labute approximate surface area is 129 Å². The molecular weight excluding hydrogens is 300 g/mol. The van der Waals surface area contributed by atoms with Gasteiger partial charge in [-0.25, -0.2) is 0 Å². The highest BCUT2D eigenvalue weighted by molar-refractivity contribution is 8.13. The first-order valence-corrected chi connectivity index (χ1v) is 7.41. The van der Waals surface area contributed by atoms with Gasteiger partial charge in [0.2, 0.25) is 0 Å². The number of thiocarbonyl (C=S) groups is 1. The molecule has 0 aliphatic rings. The average molecular weight is 326 g/mol. The van der Waals surface area contributed by atoms with Gasteiger partial charge in [0, 0.05) is 26.3 Å². The van der Waals surface area contributed by atoms with Crippen LogP contribution in [-0.2, 0) is 4.79 Å². The van der Waals surface area contributed by atoms with E-state index in [2.05, 4.69) is 10.6 Å². The van der Waals surface area contributed by atoms with Crippen molar-refractivity contribution >= 4 is 40.2 Å². The van der Waals surface area contributed by atoms with Gasteiger partial charge >= 0.3 is 0 Å². The van der Waals surface area contributed by atoms with Crippen LogP contribution in [0.25, 0.3) is 0 Å². The number of unbranched alkanes of at least 4 members (excludes halogenated alkanes) is 3. The molecule has 9 heteroatoms. The van der Waals surface area contributed by atoms with Crippen molar-refractivity contribution in [2.75, 3.05) is 19.3 Å². The monoisotopic (exact) mass is 326 g/mol. The Hall–Kier alpha value is -1.06. The molecule has 8 N–H and O–H groups in total. The standard InChI is InChI=1S/C9H20N4S2.C2H4O2.H2O/c1-12-9(14)13-6-4-2-3-5-7-15-8(10)11;1-2(3)4;/h2-7H2,1H3,(H3,10,11)(H2,12,13,14);1H3,(H,3,4);1H2. The lowest BCUT2D eigenvalue weighted by Crippen LogP contribution is -2.32. The number of hydrogen-bond donors (Lipinski definition) is 5. The van der Waals surface area contributed by atoms with Crippen LogP contribution in [0.2, 0.25) is 0 Å². The van der Waals surface area contributed by atoms with Crippen LogP contribution in [0.3, 0.4) is 0 Å². The van der Waals surface area contributed by atoms with Gasteiger partial charge in [0.05, 0.1) is 0 Å². The number of rotatable bonds is 7. The van der Waals surface area contributed by atoms with Gasteiger partial charge in [0.25, 0.3) is 5.97 Å². The van der Waals surface area contributed by atoms with Crippen LogP contribution in [0.15, 0.2) is 0 Å². The Kier molecular flexibility index (Phi) is 21.5. The van der Waals surface area contributed by atoms with E-state index in [1.165, 1.54) is 24.6 Å². The Balaban J connectivity index is -0.000000508. The summed E-state index contributed by atoms with van der Waals surface area (Å²) >= 11 is 6.36. The molecule has 0 rings (SSSR count). The zero-order valence-electron chi connectivity index (χ0n) is 12.0. The van der Waals surface area contributed by atoms with Crippen LogP contribution in [0.5, 0.6) is 0 Å². The van der Waals surface area contributed by atoms with Crippen LogP contribution in [0, 0.1) is 5.41 Å². The van der Waals surface area contributed by atoms with E-state index in [1.54, 1.807) is 0 Å². The number of nitrogens with one attached hydrogen (secondary N) is 3. The molecular formula is C11H26N4O3S2. The van der Waals surface area contributed by atoms with E-state index < -0.39 is 5.97 Å². The largest absolute Gasteiger partial charge is 0.481 e. The van der Waals surface area contributed by atoms with Gasteiger partial charge in [-0.1, -0.05) is 24.6 Å². The number of carboxylic acids is 1. The normalized spacial score (nSPS) is 8.50. The Bertz CT molecular complexity index is 274. The van der Waals surface area contributed by atoms with Crippen molar-refractivity contribution < 1.29 is 15.4 Å². The molecule has 120 valence electrons. The highest BCUT2D eigenvalue weighted by atomic mass is 32.2. The minimum absolute atomic E-state index is 0. The Morgan fingerprint density at radius 2 is 1.85 bits per heavy atom. The summed E-state index contributed by atoms with van der Waals surface area (Å²) < 4.78 is 0. The van der Waals surface area contributed by atoms with Crippen LogP contribution < -0.4 is 16.4 Å². The number of amidine groups is 1. The third-order valence-electron chi connectivity index (χ3n) is 1.84. The molecule has 0 aliphatic heterocycles. The quantitative estimate of drug-likeness (QED) is 0.199. The van der Waals surface area contributed by atoms with Crippen molar-refractivity contribution in [1.29, 1.82) is 5.41 Å². The molecule has 0 aromatic heterocycles. The lowest BCUT2D eigenvalue weighted by molar-refractivity contribution is -0.134. The molecule has 0 aromatic carbocycles. The average Bonchev–Trinajstić information content (AvgIpc) is 2.31. The second-order valence-corrected chi connectivity index (χ2v) is 5.20. The van der Waals surface area contributed by atoms with E-state index in [0.29, 0.717) is 5.11 Å². The molecule has 0 aliphatic carbocycles. The summed E-state index contributed by atoms with van der Waals surface area (Å²) in [6, 6.07) is 0. The van der Waals surface area contributed by atoms with Crippen molar-refractivity contribution in [3.05, 3.63) is 0 Å². The number of aliphatic carboxylic acids is 1. The fourth-order valence-corrected chi connectivity index (χ4v) is 1.72. The van der Waals surface area contributed by atoms with Gasteiger partial charge in [-0.3, -0.25) is 10.2 Å². The SMILES string of the molecule is CC(=O)O.CNC(=S)NCCCCCCSC(=N)N.O. The van der Waals surface area contributed by atoms with Gasteiger partial charge in [0.1, 0.15) is 0 Å². The van der Waals surface area contributed by atoms with E-state index >= 15 is 0 Å². The van der Waals surface area contributed by atoms with Crippen LogP contribution in [0.4, 0.5) is 0 Å². The summed E-state index contributed by atoms with van der Waals surface area (Å²) in [5, 5.41) is 21.3. The Morgan fingerprint density at radius 3 is 2.30 bits per heavy atom. The molecule has 0 aromatic rings. The van der Waals surface area contributed by atoms with E-state index in [9.17, 15) is 0 Å². The first-order valence-electron chi connectivity index (χ1n) is 6.02. The van der Waals surface area contributed by atoms with Crippen molar-refractivity contribution in [3.63, 3.8) is 0 Å². The second-order valence-electron chi connectivity index (χ2n) is 3.65. The highest BCUT2D eigenvalue weighted by Crippen LogP contribution is 2.06. The van der Waals surface area contributed by atoms with Gasteiger partial charge in [-0.15, -0.1) is 0 Å². The maximum Gasteiger partial charge on any atom is 0.300 e. The van der Waals surface area contributed by atoms with Crippen molar-refractivity contribution in [1.82, 2.24) is 10.6 Å². The van der Waals surface area contributed by atoms with Crippen molar-refractivity contribution in [3.8, 4) is 0 Å². The molecule has 0 fully saturated rings. The first kappa shape index (κ1) is 24.0. The van der Waals surface area contributed by atoms with E-state index in [0.717, 1.165) is 32.1 Å². The van der Waals surface area contributed by atoms with Gasteiger partial charge in [-0.2, -0.15) is 0 Å². The molecule has 0 heterocycles. The topological polar surface area (TPSA) is 143 Å². The fourth-order valence-electron chi connectivity index (χ4n) is 1.05. The summed E-state index contributed by atoms with van der Waals surface area (Å²) in [7, 11) is 1.81. The van der Waals surface area contributed by atoms with Gasteiger partial charge in [0.15, 0.2) is 10.3 Å². The number of nitrogens with two attached hydrogens (primary N) is 1. The molecule has 20 heavy (non-hydrogen) atoms. The number of carboxylic acid groups (broad SMARTS) is 1. The molecule has 0 bridgehead atoms. The first-order chi connectivity index (χ1) is 8.90. The van der Waals surface area contributed by atoms with E-state index in [4.69, 9.17) is 33.3 Å². The Morgan fingerprint density at radius 1 is 1.35 bits per heavy atom. The maximum atomic E-state index is 9.00. The van der Waals surface area contributed by atoms with Crippen LogP contribution in [0.1, 0.15) is 32.6 Å². The predicted octanol–water partition coefficient (Wildman–Crippen LogP) is 0.534. The van der Waals surface area contributed by atoms with E-state index in [-0.39, 0.29) is 10.6 Å². The van der Waals surface area contributed by atoms with Crippen molar-refractivity contribution in [2.24, 2.45) is 5.73 Å². The lowest BCUT2D eigenvalue weighted by Gasteiger charge is -2.06. The fraction of sp³-hybridized carbons (Fsp3) is 0.727. The zero-order chi connectivity index (χ0) is 15.1. The number of carbonyl (C=O) groups is 1. The molecule has 0 spiro atoms. The third kappa shape index (κ3) is 30.2. The molecule has 0 atom stereocenters. The van der Waals surface area contributed by atoms with Crippen LogP contribution >= 0.6 is 24.0 Å². The molecule has 7 nitrogen and oxygen atoms in total. The van der Waals surface area contributed by atoms with E-state index in [1.807, 2.05) is 7.05 Å². The van der Waals surface area contributed by atoms with Gasteiger partial charge < -0.3 is 26.9 Å². The smallest absolute Gasteiger partial charge is 0.300 e. The summed E-state index contributed by atoms with van der Waals surface area (Å²) in [6.45, 7) is 2.01.